The van der Waals surface area contributed by atoms with Gasteiger partial charge in [-0.05, 0) is 35.7 Å². The van der Waals surface area contributed by atoms with Gasteiger partial charge in [0.1, 0.15) is 5.82 Å². The van der Waals surface area contributed by atoms with E-state index in [4.69, 9.17) is 17.3 Å². The smallest absolute Gasteiger partial charge is 0.142 e. The third kappa shape index (κ3) is 3.10. The fraction of sp³-hybridized carbons (Fsp3) is 0.143. The lowest BCUT2D eigenvalue weighted by Crippen LogP contribution is -2.13. The predicted molar refractivity (Wildman–Crippen MR) is 76.2 cm³/mol. The van der Waals surface area contributed by atoms with Crippen molar-refractivity contribution in [3.05, 3.63) is 68.9 Å². The topological polar surface area (TPSA) is 26.0 Å². The normalized spacial score (nSPS) is 12.4. The van der Waals surface area contributed by atoms with Gasteiger partial charge in [-0.25, -0.2) is 4.39 Å². The first-order valence-electron chi connectivity index (χ1n) is 5.52. The Kier molecular flexibility index (Phi) is 4.38. The molecule has 0 aliphatic rings. The molecule has 0 radical (unpaired) electrons. The molecular weight excluding hydrogens is 317 g/mol. The second kappa shape index (κ2) is 5.83. The second-order valence-electron chi connectivity index (χ2n) is 4.08. The molecule has 18 heavy (non-hydrogen) atoms. The van der Waals surface area contributed by atoms with Crippen molar-refractivity contribution >= 4 is 27.5 Å². The number of benzene rings is 2. The molecule has 0 bridgehead atoms. The molecule has 2 rings (SSSR count). The summed E-state index contributed by atoms with van der Waals surface area (Å²) in [4.78, 5) is 0. The predicted octanol–water partition coefficient (Wildman–Crippen LogP) is 4.48. The summed E-state index contributed by atoms with van der Waals surface area (Å²) in [6.45, 7) is 0. The Balaban J connectivity index is 2.21. The van der Waals surface area contributed by atoms with Crippen LogP contribution in [0.4, 0.5) is 4.39 Å². The number of halogens is 3. The molecule has 2 aromatic carbocycles. The van der Waals surface area contributed by atoms with Crippen LogP contribution in [0.15, 0.2) is 46.9 Å². The van der Waals surface area contributed by atoms with Gasteiger partial charge in [-0.1, -0.05) is 51.8 Å². The first-order chi connectivity index (χ1) is 8.58. The molecule has 2 N–H and O–H groups in total. The highest BCUT2D eigenvalue weighted by atomic mass is 79.9. The van der Waals surface area contributed by atoms with Gasteiger partial charge in [-0.2, -0.15) is 0 Å². The van der Waals surface area contributed by atoms with Crippen LogP contribution in [0, 0.1) is 5.82 Å². The van der Waals surface area contributed by atoms with Crippen molar-refractivity contribution in [2.75, 3.05) is 0 Å². The number of hydrogen-bond acceptors (Lipinski definition) is 1. The van der Waals surface area contributed by atoms with E-state index in [1.165, 1.54) is 6.07 Å². The average molecular weight is 329 g/mol. The minimum atomic E-state index is -0.407. The van der Waals surface area contributed by atoms with E-state index in [2.05, 4.69) is 15.9 Å². The van der Waals surface area contributed by atoms with E-state index < -0.39 is 5.82 Å². The summed E-state index contributed by atoms with van der Waals surface area (Å²) in [6, 6.07) is 12.3. The molecule has 0 saturated heterocycles. The Labute approximate surface area is 119 Å². The van der Waals surface area contributed by atoms with Gasteiger partial charge in [0.2, 0.25) is 0 Å². The third-order valence-corrected chi connectivity index (χ3v) is 3.66. The van der Waals surface area contributed by atoms with E-state index in [9.17, 15) is 4.39 Å². The zero-order valence-corrected chi connectivity index (χ0v) is 11.9. The maximum Gasteiger partial charge on any atom is 0.142 e. The van der Waals surface area contributed by atoms with E-state index in [1.807, 2.05) is 24.3 Å². The van der Waals surface area contributed by atoms with E-state index in [0.717, 1.165) is 15.6 Å². The number of rotatable bonds is 3. The van der Waals surface area contributed by atoms with Crippen molar-refractivity contribution in [3.8, 4) is 0 Å². The summed E-state index contributed by atoms with van der Waals surface area (Å²) >= 11 is 9.32. The SMILES string of the molecule is NC(Cc1cccc(F)c1Cl)c1cccc(Br)c1. The van der Waals surface area contributed by atoms with E-state index >= 15 is 0 Å². The quantitative estimate of drug-likeness (QED) is 0.883. The minimum Gasteiger partial charge on any atom is -0.324 e. The van der Waals surface area contributed by atoms with E-state index in [-0.39, 0.29) is 11.1 Å². The summed E-state index contributed by atoms with van der Waals surface area (Å²) in [5, 5.41) is 0.156. The van der Waals surface area contributed by atoms with Crippen LogP contribution in [0.25, 0.3) is 0 Å². The third-order valence-electron chi connectivity index (χ3n) is 2.75. The van der Waals surface area contributed by atoms with E-state index in [0.29, 0.717) is 6.42 Å². The highest BCUT2D eigenvalue weighted by Crippen LogP contribution is 2.25. The molecule has 0 amide bonds. The molecule has 1 nitrogen and oxygen atoms in total. The highest BCUT2D eigenvalue weighted by molar-refractivity contribution is 9.10. The van der Waals surface area contributed by atoms with E-state index in [1.54, 1.807) is 12.1 Å². The summed E-state index contributed by atoms with van der Waals surface area (Å²) < 4.78 is 14.3. The summed E-state index contributed by atoms with van der Waals surface area (Å²) in [5.74, 6) is -0.407. The molecule has 0 saturated carbocycles. The van der Waals surface area contributed by atoms with Crippen LogP contribution in [0.1, 0.15) is 17.2 Å². The van der Waals surface area contributed by atoms with Crippen molar-refractivity contribution in [1.82, 2.24) is 0 Å². The van der Waals surface area contributed by atoms with Gasteiger partial charge in [-0.15, -0.1) is 0 Å². The maximum absolute atomic E-state index is 13.3. The number of hydrogen-bond donors (Lipinski definition) is 1. The van der Waals surface area contributed by atoms with Crippen LogP contribution in [0.5, 0.6) is 0 Å². The molecule has 1 atom stereocenters. The zero-order valence-electron chi connectivity index (χ0n) is 9.54. The fourth-order valence-electron chi connectivity index (χ4n) is 1.80. The largest absolute Gasteiger partial charge is 0.324 e. The van der Waals surface area contributed by atoms with Crippen LogP contribution in [0.3, 0.4) is 0 Å². The standard InChI is InChI=1S/C14H12BrClFN/c15-11-5-1-3-9(7-11)13(18)8-10-4-2-6-12(17)14(10)16/h1-7,13H,8,18H2. The number of nitrogens with two attached hydrogens (primary N) is 1. The van der Waals surface area contributed by atoms with Crippen molar-refractivity contribution in [3.63, 3.8) is 0 Å². The van der Waals surface area contributed by atoms with Crippen LogP contribution in [0.2, 0.25) is 5.02 Å². The first-order valence-corrected chi connectivity index (χ1v) is 6.69. The van der Waals surface area contributed by atoms with Crippen LogP contribution >= 0.6 is 27.5 Å². The summed E-state index contributed by atoms with van der Waals surface area (Å²) in [7, 11) is 0. The monoisotopic (exact) mass is 327 g/mol. The molecule has 0 aliphatic carbocycles. The molecule has 0 fully saturated rings. The van der Waals surface area contributed by atoms with Gasteiger partial charge >= 0.3 is 0 Å². The van der Waals surface area contributed by atoms with Crippen molar-refractivity contribution in [2.24, 2.45) is 5.73 Å². The van der Waals surface area contributed by atoms with Crippen LogP contribution in [-0.4, -0.2) is 0 Å². The van der Waals surface area contributed by atoms with Crippen molar-refractivity contribution < 1.29 is 4.39 Å². The first kappa shape index (κ1) is 13.5. The van der Waals surface area contributed by atoms with Gasteiger partial charge in [0.05, 0.1) is 5.02 Å². The summed E-state index contributed by atoms with van der Waals surface area (Å²) in [5.41, 5.74) is 7.83. The molecule has 2 aromatic rings. The van der Waals surface area contributed by atoms with Crippen molar-refractivity contribution in [2.45, 2.75) is 12.5 Å². The van der Waals surface area contributed by atoms with Gasteiger partial charge < -0.3 is 5.73 Å². The van der Waals surface area contributed by atoms with Crippen LogP contribution < -0.4 is 5.73 Å². The molecule has 4 heteroatoms. The van der Waals surface area contributed by atoms with Crippen molar-refractivity contribution in [1.29, 1.82) is 0 Å². The Hall–Kier alpha value is -0.900. The lowest BCUT2D eigenvalue weighted by molar-refractivity contribution is 0.622. The second-order valence-corrected chi connectivity index (χ2v) is 5.37. The van der Waals surface area contributed by atoms with Gasteiger partial charge in [0, 0.05) is 10.5 Å². The lowest BCUT2D eigenvalue weighted by atomic mass is 10.00. The molecule has 0 spiro atoms. The maximum atomic E-state index is 13.3. The molecule has 0 heterocycles. The van der Waals surface area contributed by atoms with Gasteiger partial charge in [0.25, 0.3) is 0 Å². The zero-order chi connectivity index (χ0) is 13.1. The molecular formula is C14H12BrClFN. The highest BCUT2D eigenvalue weighted by Gasteiger charge is 2.12. The Bertz CT molecular complexity index is 559. The van der Waals surface area contributed by atoms with Crippen LogP contribution in [-0.2, 0) is 6.42 Å². The molecule has 94 valence electrons. The average Bonchev–Trinajstić information content (AvgIpc) is 2.35. The minimum absolute atomic E-state index is 0.156. The van der Waals surface area contributed by atoms with Gasteiger partial charge in [-0.3, -0.25) is 0 Å². The fourth-order valence-corrected chi connectivity index (χ4v) is 2.42. The summed E-state index contributed by atoms with van der Waals surface area (Å²) in [6.07, 6.45) is 0.507. The molecule has 1 unspecified atom stereocenters. The Morgan fingerprint density at radius 1 is 1.22 bits per heavy atom. The Morgan fingerprint density at radius 3 is 2.67 bits per heavy atom. The van der Waals surface area contributed by atoms with Gasteiger partial charge in [0.15, 0.2) is 0 Å². The lowest BCUT2D eigenvalue weighted by Gasteiger charge is -2.13. The molecule has 0 aliphatic heterocycles. The Morgan fingerprint density at radius 2 is 1.94 bits per heavy atom. The molecule has 0 aromatic heterocycles.